The van der Waals surface area contributed by atoms with E-state index in [1.165, 1.54) is 11.3 Å². The minimum atomic E-state index is -0.00604. The normalized spacial score (nSPS) is 11.6. The van der Waals surface area contributed by atoms with Gasteiger partial charge in [0, 0.05) is 17.2 Å². The van der Waals surface area contributed by atoms with Gasteiger partial charge in [-0.1, -0.05) is 20.8 Å². The van der Waals surface area contributed by atoms with Gasteiger partial charge in [0.05, 0.1) is 23.6 Å². The first-order chi connectivity index (χ1) is 9.84. The molecule has 21 heavy (non-hydrogen) atoms. The standard InChI is InChI=1S/C14H21N5OS/c1-14(2,3)11-6-10(18-19-11)7-16-12(20)5-4-9-8-21-13(15)17-9/h6,8H,4-5,7H2,1-3H3,(H2,15,17)(H,16,20)(H,18,19). The van der Waals surface area contributed by atoms with Gasteiger partial charge in [0.15, 0.2) is 5.13 Å². The molecule has 0 aromatic carbocycles. The predicted octanol–water partition coefficient (Wildman–Crippen LogP) is 1.99. The maximum absolute atomic E-state index is 11.8. The molecule has 114 valence electrons. The fourth-order valence-corrected chi connectivity index (χ4v) is 2.39. The molecule has 0 aliphatic carbocycles. The average Bonchev–Trinajstić information content (AvgIpc) is 3.02. The molecule has 0 aliphatic rings. The Labute approximate surface area is 128 Å². The van der Waals surface area contributed by atoms with Crippen molar-refractivity contribution in [3.05, 3.63) is 28.5 Å². The van der Waals surface area contributed by atoms with Crippen LogP contribution in [0.5, 0.6) is 0 Å². The number of nitrogens with two attached hydrogens (primary N) is 1. The SMILES string of the molecule is CC(C)(C)c1cc(CNC(=O)CCc2csc(N)n2)[nH]n1. The third kappa shape index (κ3) is 4.56. The number of carbonyl (C=O) groups is 1. The molecule has 1 amide bonds. The smallest absolute Gasteiger partial charge is 0.220 e. The van der Waals surface area contributed by atoms with Gasteiger partial charge in [0.1, 0.15) is 0 Å². The van der Waals surface area contributed by atoms with Crippen LogP contribution < -0.4 is 11.1 Å². The monoisotopic (exact) mass is 307 g/mol. The first kappa shape index (κ1) is 15.5. The number of hydrogen-bond donors (Lipinski definition) is 3. The van der Waals surface area contributed by atoms with Crippen molar-refractivity contribution in [2.45, 2.75) is 45.6 Å². The second kappa shape index (κ2) is 6.26. The minimum absolute atomic E-state index is 0.00328. The molecule has 2 aromatic rings. The molecular formula is C14H21N5OS. The van der Waals surface area contributed by atoms with Crippen LogP contribution in [0.2, 0.25) is 0 Å². The van der Waals surface area contributed by atoms with E-state index in [1.807, 2.05) is 11.4 Å². The Morgan fingerprint density at radius 3 is 2.81 bits per heavy atom. The van der Waals surface area contributed by atoms with Gasteiger partial charge in [0.25, 0.3) is 0 Å². The molecule has 6 nitrogen and oxygen atoms in total. The summed E-state index contributed by atoms with van der Waals surface area (Å²) in [5, 5.41) is 12.5. The van der Waals surface area contributed by atoms with Gasteiger partial charge in [-0.3, -0.25) is 9.89 Å². The number of hydrogen-bond acceptors (Lipinski definition) is 5. The van der Waals surface area contributed by atoms with Crippen LogP contribution in [0.3, 0.4) is 0 Å². The van der Waals surface area contributed by atoms with Gasteiger partial charge in [-0.25, -0.2) is 4.98 Å². The summed E-state index contributed by atoms with van der Waals surface area (Å²) in [5.41, 5.74) is 8.32. The summed E-state index contributed by atoms with van der Waals surface area (Å²) in [7, 11) is 0. The Balaban J connectivity index is 1.77. The summed E-state index contributed by atoms with van der Waals surface area (Å²) in [4.78, 5) is 15.9. The van der Waals surface area contributed by atoms with E-state index < -0.39 is 0 Å². The molecular weight excluding hydrogens is 286 g/mol. The Morgan fingerprint density at radius 2 is 2.24 bits per heavy atom. The third-order valence-corrected chi connectivity index (χ3v) is 3.78. The summed E-state index contributed by atoms with van der Waals surface area (Å²) in [6, 6.07) is 1.99. The number of H-pyrrole nitrogens is 1. The zero-order valence-corrected chi connectivity index (χ0v) is 13.4. The van der Waals surface area contributed by atoms with Crippen molar-refractivity contribution in [3.63, 3.8) is 0 Å². The number of nitrogen functional groups attached to an aromatic ring is 1. The lowest BCUT2D eigenvalue weighted by Crippen LogP contribution is -2.23. The highest BCUT2D eigenvalue weighted by Crippen LogP contribution is 2.20. The van der Waals surface area contributed by atoms with Crippen molar-refractivity contribution in [2.24, 2.45) is 0 Å². The van der Waals surface area contributed by atoms with E-state index in [9.17, 15) is 4.79 Å². The number of amides is 1. The van der Waals surface area contributed by atoms with Gasteiger partial charge in [-0.15, -0.1) is 11.3 Å². The molecule has 0 atom stereocenters. The predicted molar refractivity (Wildman–Crippen MR) is 84.0 cm³/mol. The van der Waals surface area contributed by atoms with Gasteiger partial charge in [-0.05, 0) is 12.5 Å². The van der Waals surface area contributed by atoms with E-state index in [4.69, 9.17) is 5.73 Å². The number of nitrogens with one attached hydrogen (secondary N) is 2. The number of aryl methyl sites for hydroxylation is 1. The lowest BCUT2D eigenvalue weighted by molar-refractivity contribution is -0.121. The second-order valence-electron chi connectivity index (χ2n) is 5.98. The molecule has 4 N–H and O–H groups in total. The first-order valence-corrected chi connectivity index (χ1v) is 7.74. The molecule has 2 rings (SSSR count). The number of carbonyl (C=O) groups excluding carboxylic acids is 1. The largest absolute Gasteiger partial charge is 0.375 e. The molecule has 7 heteroatoms. The highest BCUT2D eigenvalue weighted by atomic mass is 32.1. The van der Waals surface area contributed by atoms with Crippen LogP contribution in [0.25, 0.3) is 0 Å². The molecule has 2 aromatic heterocycles. The topological polar surface area (TPSA) is 96.7 Å². The van der Waals surface area contributed by atoms with Crippen LogP contribution in [0.1, 0.15) is 44.3 Å². The average molecular weight is 307 g/mol. The second-order valence-corrected chi connectivity index (χ2v) is 6.87. The highest BCUT2D eigenvalue weighted by molar-refractivity contribution is 7.13. The Hall–Kier alpha value is -1.89. The van der Waals surface area contributed by atoms with Crippen LogP contribution in [0.15, 0.2) is 11.4 Å². The van der Waals surface area contributed by atoms with Gasteiger partial charge in [-0.2, -0.15) is 5.10 Å². The number of aromatic nitrogens is 3. The van der Waals surface area contributed by atoms with E-state index in [0.29, 0.717) is 24.5 Å². The van der Waals surface area contributed by atoms with Gasteiger partial charge < -0.3 is 11.1 Å². The van der Waals surface area contributed by atoms with Crippen molar-refractivity contribution < 1.29 is 4.79 Å². The van der Waals surface area contributed by atoms with E-state index in [1.54, 1.807) is 0 Å². The fraction of sp³-hybridized carbons (Fsp3) is 0.500. The Bertz CT molecular complexity index is 611. The first-order valence-electron chi connectivity index (χ1n) is 6.86. The third-order valence-electron chi connectivity index (χ3n) is 3.05. The number of aromatic amines is 1. The lowest BCUT2D eigenvalue weighted by atomic mass is 9.92. The quantitative estimate of drug-likeness (QED) is 0.787. The van der Waals surface area contributed by atoms with Crippen LogP contribution in [0.4, 0.5) is 5.13 Å². The zero-order valence-electron chi connectivity index (χ0n) is 12.6. The maximum atomic E-state index is 11.8. The fourth-order valence-electron chi connectivity index (χ4n) is 1.80. The van der Waals surface area contributed by atoms with Crippen molar-refractivity contribution in [1.29, 1.82) is 0 Å². The molecule has 0 saturated carbocycles. The number of thiazole rings is 1. The molecule has 0 bridgehead atoms. The summed E-state index contributed by atoms with van der Waals surface area (Å²) in [6.45, 7) is 6.77. The van der Waals surface area contributed by atoms with Crippen molar-refractivity contribution in [3.8, 4) is 0 Å². The molecule has 0 fully saturated rings. The molecule has 0 radical (unpaired) electrons. The summed E-state index contributed by atoms with van der Waals surface area (Å²) in [5.74, 6) is -0.00604. The van der Waals surface area contributed by atoms with Crippen LogP contribution >= 0.6 is 11.3 Å². The number of nitrogens with zero attached hydrogens (tertiary/aromatic N) is 2. The molecule has 0 unspecified atom stereocenters. The van der Waals surface area contributed by atoms with E-state index >= 15 is 0 Å². The molecule has 0 saturated heterocycles. The number of rotatable bonds is 5. The van der Waals surface area contributed by atoms with E-state index in [2.05, 4.69) is 41.3 Å². The van der Waals surface area contributed by atoms with Crippen LogP contribution in [-0.2, 0) is 23.2 Å². The number of anilines is 1. The van der Waals surface area contributed by atoms with Gasteiger partial charge in [0.2, 0.25) is 5.91 Å². The summed E-state index contributed by atoms with van der Waals surface area (Å²) < 4.78 is 0. The van der Waals surface area contributed by atoms with E-state index in [-0.39, 0.29) is 11.3 Å². The molecule has 2 heterocycles. The zero-order chi connectivity index (χ0) is 15.5. The highest BCUT2D eigenvalue weighted by Gasteiger charge is 2.17. The lowest BCUT2D eigenvalue weighted by Gasteiger charge is -2.13. The van der Waals surface area contributed by atoms with Crippen LogP contribution in [-0.4, -0.2) is 21.1 Å². The van der Waals surface area contributed by atoms with Crippen molar-refractivity contribution in [1.82, 2.24) is 20.5 Å². The van der Waals surface area contributed by atoms with Crippen LogP contribution in [0, 0.1) is 0 Å². The van der Waals surface area contributed by atoms with Crippen molar-refractivity contribution in [2.75, 3.05) is 5.73 Å². The summed E-state index contributed by atoms with van der Waals surface area (Å²) >= 11 is 1.39. The van der Waals surface area contributed by atoms with Crippen molar-refractivity contribution >= 4 is 22.4 Å². The Kier molecular flexibility index (Phi) is 4.62. The molecule has 0 spiro atoms. The van der Waals surface area contributed by atoms with E-state index in [0.717, 1.165) is 17.1 Å². The van der Waals surface area contributed by atoms with Gasteiger partial charge >= 0.3 is 0 Å². The Morgan fingerprint density at radius 1 is 1.48 bits per heavy atom. The summed E-state index contributed by atoms with van der Waals surface area (Å²) in [6.07, 6.45) is 1.01. The maximum Gasteiger partial charge on any atom is 0.220 e. The minimum Gasteiger partial charge on any atom is -0.375 e. The molecule has 0 aliphatic heterocycles.